The highest BCUT2D eigenvalue weighted by Crippen LogP contribution is 2.37. The second-order valence-electron chi connectivity index (χ2n) is 7.86. The van der Waals surface area contributed by atoms with Crippen molar-refractivity contribution in [2.45, 2.75) is 13.8 Å². The molecule has 8 nitrogen and oxygen atoms in total. The lowest BCUT2D eigenvalue weighted by atomic mass is 10.1. The van der Waals surface area contributed by atoms with Gasteiger partial charge in [-0.05, 0) is 89.4 Å². The number of carbonyl (C=O) groups excluding carboxylic acids is 2. The zero-order valence-electron chi connectivity index (χ0n) is 19.9. The van der Waals surface area contributed by atoms with Gasteiger partial charge < -0.3 is 25.2 Å². The average Bonchev–Trinajstić information content (AvgIpc) is 2.84. The number of anilines is 2. The second kappa shape index (κ2) is 11.9. The van der Waals surface area contributed by atoms with Crippen molar-refractivity contribution in [3.8, 4) is 23.3 Å². The highest BCUT2D eigenvalue weighted by atomic mass is 79.9. The van der Waals surface area contributed by atoms with E-state index in [1.165, 1.54) is 37.5 Å². The molecule has 0 atom stereocenters. The second-order valence-corrected chi connectivity index (χ2v) is 8.71. The van der Waals surface area contributed by atoms with E-state index in [0.29, 0.717) is 32.9 Å². The molecule has 3 N–H and O–H groups in total. The Labute approximate surface area is 217 Å². The van der Waals surface area contributed by atoms with E-state index in [1.54, 1.807) is 12.1 Å². The first kappa shape index (κ1) is 26.3. The topological polar surface area (TPSA) is 121 Å². The molecule has 0 heterocycles. The fourth-order valence-corrected chi connectivity index (χ4v) is 3.87. The minimum atomic E-state index is -0.610. The Morgan fingerprint density at radius 2 is 1.81 bits per heavy atom. The molecule has 36 heavy (non-hydrogen) atoms. The maximum atomic E-state index is 12.5. The first-order valence-corrected chi connectivity index (χ1v) is 11.6. The van der Waals surface area contributed by atoms with Crippen LogP contribution in [0.3, 0.4) is 0 Å². The van der Waals surface area contributed by atoms with Gasteiger partial charge >= 0.3 is 0 Å². The number of nitrogens with one attached hydrogen (secondary N) is 2. The lowest BCUT2D eigenvalue weighted by molar-refractivity contribution is -0.118. The standard InChI is InChI=1S/C27H24BrN3O5/c1-16-4-9-23(17(2)10-16)31-25(33)15-36-26-22(28)12-18(13-24(26)35-3)11-19(14-29)27(34)30-20-5-7-21(32)8-6-20/h4-13,32H,15H2,1-3H3,(H,30,34)(H,31,33)/b19-11+. The molecule has 2 amide bonds. The van der Waals surface area contributed by atoms with Crippen LogP contribution in [0.2, 0.25) is 0 Å². The van der Waals surface area contributed by atoms with Crippen molar-refractivity contribution in [1.82, 2.24) is 0 Å². The molecule has 0 aliphatic rings. The summed E-state index contributed by atoms with van der Waals surface area (Å²) in [6.45, 7) is 3.64. The molecule has 0 saturated heterocycles. The summed E-state index contributed by atoms with van der Waals surface area (Å²) in [4.78, 5) is 25.0. The van der Waals surface area contributed by atoms with E-state index in [0.717, 1.165) is 11.1 Å². The van der Waals surface area contributed by atoms with Gasteiger partial charge in [0, 0.05) is 11.4 Å². The van der Waals surface area contributed by atoms with Crippen molar-refractivity contribution in [2.75, 3.05) is 24.4 Å². The normalized spacial score (nSPS) is 10.8. The highest BCUT2D eigenvalue weighted by Gasteiger charge is 2.16. The summed E-state index contributed by atoms with van der Waals surface area (Å²) in [6, 6.07) is 16.7. The highest BCUT2D eigenvalue weighted by molar-refractivity contribution is 9.10. The van der Waals surface area contributed by atoms with Crippen LogP contribution in [0, 0.1) is 25.2 Å². The van der Waals surface area contributed by atoms with E-state index >= 15 is 0 Å². The Morgan fingerprint density at radius 1 is 1.08 bits per heavy atom. The quantitative estimate of drug-likeness (QED) is 0.198. The molecule has 0 unspecified atom stereocenters. The summed E-state index contributed by atoms with van der Waals surface area (Å²) in [5, 5.41) is 24.3. The first-order valence-electron chi connectivity index (χ1n) is 10.8. The maximum absolute atomic E-state index is 12.5. The van der Waals surface area contributed by atoms with Crippen LogP contribution in [-0.4, -0.2) is 30.6 Å². The van der Waals surface area contributed by atoms with Crippen LogP contribution in [0.1, 0.15) is 16.7 Å². The lowest BCUT2D eigenvalue weighted by Crippen LogP contribution is -2.21. The van der Waals surface area contributed by atoms with Gasteiger partial charge in [0.2, 0.25) is 0 Å². The molecule has 0 fully saturated rings. The summed E-state index contributed by atoms with van der Waals surface area (Å²) >= 11 is 3.41. The number of rotatable bonds is 8. The molecular weight excluding hydrogens is 526 g/mol. The van der Waals surface area contributed by atoms with Gasteiger partial charge in [-0.25, -0.2) is 0 Å². The SMILES string of the molecule is COc1cc(/C=C(\C#N)C(=O)Nc2ccc(O)cc2)cc(Br)c1OCC(=O)Nc1ccc(C)cc1C. The molecule has 0 aliphatic heterocycles. The van der Waals surface area contributed by atoms with Gasteiger partial charge in [-0.15, -0.1) is 0 Å². The van der Waals surface area contributed by atoms with Gasteiger partial charge in [0.1, 0.15) is 17.4 Å². The number of hydrogen-bond acceptors (Lipinski definition) is 6. The van der Waals surface area contributed by atoms with Gasteiger partial charge in [0.15, 0.2) is 18.1 Å². The van der Waals surface area contributed by atoms with Crippen molar-refractivity contribution < 1.29 is 24.2 Å². The first-order chi connectivity index (χ1) is 17.2. The van der Waals surface area contributed by atoms with Crippen LogP contribution in [-0.2, 0) is 9.59 Å². The van der Waals surface area contributed by atoms with E-state index in [4.69, 9.17) is 9.47 Å². The minimum Gasteiger partial charge on any atom is -0.508 e. The van der Waals surface area contributed by atoms with Gasteiger partial charge in [-0.3, -0.25) is 9.59 Å². The van der Waals surface area contributed by atoms with Crippen molar-refractivity contribution in [2.24, 2.45) is 0 Å². The van der Waals surface area contributed by atoms with E-state index in [2.05, 4.69) is 26.6 Å². The number of phenolic OH excluding ortho intramolecular Hbond substituents is 1. The molecule has 3 aromatic carbocycles. The molecule has 0 bridgehead atoms. The van der Waals surface area contributed by atoms with Crippen molar-refractivity contribution in [1.29, 1.82) is 5.26 Å². The number of ether oxygens (including phenoxy) is 2. The monoisotopic (exact) mass is 549 g/mol. The fraction of sp³-hybridized carbons (Fsp3) is 0.148. The zero-order chi connectivity index (χ0) is 26.2. The summed E-state index contributed by atoms with van der Waals surface area (Å²) in [6.07, 6.45) is 1.40. The number of carbonyl (C=O) groups is 2. The Hall–Kier alpha value is -4.29. The van der Waals surface area contributed by atoms with E-state index < -0.39 is 5.91 Å². The zero-order valence-corrected chi connectivity index (χ0v) is 21.5. The lowest BCUT2D eigenvalue weighted by Gasteiger charge is -2.14. The number of hydrogen-bond donors (Lipinski definition) is 3. The number of amides is 2. The van der Waals surface area contributed by atoms with Crippen LogP contribution in [0.25, 0.3) is 6.08 Å². The summed E-state index contributed by atoms with van der Waals surface area (Å²) < 4.78 is 11.6. The van der Waals surface area contributed by atoms with E-state index in [1.807, 2.05) is 38.1 Å². The van der Waals surface area contributed by atoms with Crippen LogP contribution in [0.15, 0.2) is 64.6 Å². The Balaban J connectivity index is 1.73. The predicted octanol–water partition coefficient (Wildman–Crippen LogP) is 5.34. The summed E-state index contributed by atoms with van der Waals surface area (Å²) in [7, 11) is 1.45. The van der Waals surface area contributed by atoms with Gasteiger partial charge in [-0.2, -0.15) is 5.26 Å². The van der Waals surface area contributed by atoms with Crippen molar-refractivity contribution in [3.63, 3.8) is 0 Å². The van der Waals surface area contributed by atoms with Crippen LogP contribution in [0.4, 0.5) is 11.4 Å². The maximum Gasteiger partial charge on any atom is 0.266 e. The Morgan fingerprint density at radius 3 is 2.44 bits per heavy atom. The number of benzene rings is 3. The van der Waals surface area contributed by atoms with Crippen LogP contribution >= 0.6 is 15.9 Å². The van der Waals surface area contributed by atoms with Gasteiger partial charge in [0.05, 0.1) is 11.6 Å². The van der Waals surface area contributed by atoms with Crippen LogP contribution < -0.4 is 20.1 Å². The molecule has 0 aliphatic carbocycles. The smallest absolute Gasteiger partial charge is 0.266 e. The number of halogens is 1. The molecule has 184 valence electrons. The molecule has 0 saturated carbocycles. The molecule has 0 radical (unpaired) electrons. The molecule has 9 heteroatoms. The number of aryl methyl sites for hydroxylation is 2. The predicted molar refractivity (Wildman–Crippen MR) is 141 cm³/mol. The molecule has 0 spiro atoms. The largest absolute Gasteiger partial charge is 0.508 e. The van der Waals surface area contributed by atoms with E-state index in [9.17, 15) is 20.0 Å². The summed E-state index contributed by atoms with van der Waals surface area (Å²) in [5.41, 5.74) is 3.54. The number of nitriles is 1. The van der Waals surface area contributed by atoms with Gasteiger partial charge in [-0.1, -0.05) is 17.7 Å². The third kappa shape index (κ3) is 6.87. The average molecular weight is 550 g/mol. The third-order valence-corrected chi connectivity index (χ3v) is 5.65. The number of aromatic hydroxyl groups is 1. The third-order valence-electron chi connectivity index (χ3n) is 5.06. The molecule has 3 rings (SSSR count). The summed E-state index contributed by atoms with van der Waals surface area (Å²) in [5.74, 6) is -0.270. The minimum absolute atomic E-state index is 0.0612. The van der Waals surface area contributed by atoms with Gasteiger partial charge in [0.25, 0.3) is 11.8 Å². The fourth-order valence-electron chi connectivity index (χ4n) is 3.30. The molecule has 0 aromatic heterocycles. The molecule has 3 aromatic rings. The Kier molecular flexibility index (Phi) is 8.71. The number of nitrogens with zero attached hydrogens (tertiary/aromatic N) is 1. The van der Waals surface area contributed by atoms with Crippen molar-refractivity contribution >= 4 is 45.2 Å². The number of methoxy groups -OCH3 is 1. The van der Waals surface area contributed by atoms with Crippen LogP contribution in [0.5, 0.6) is 17.2 Å². The van der Waals surface area contributed by atoms with Crippen molar-refractivity contribution in [3.05, 3.63) is 81.3 Å². The Bertz CT molecular complexity index is 1360. The van der Waals surface area contributed by atoms with E-state index in [-0.39, 0.29) is 23.8 Å². The molecular formula is C27H24BrN3O5. The number of phenols is 1.